The van der Waals surface area contributed by atoms with Crippen molar-refractivity contribution in [3.05, 3.63) is 13.8 Å². The molecule has 0 saturated carbocycles. The third kappa shape index (κ3) is 12.2. The number of carbonyl (C=O) groups excluding carboxylic acids is 2. The van der Waals surface area contributed by atoms with Crippen molar-refractivity contribution in [2.45, 2.75) is 179 Å². The number of methoxy groups -OCH3 is 2. The average molecular weight is 894 g/mol. The maximum atomic E-state index is 14.2. The van der Waals surface area contributed by atoms with Crippen LogP contribution in [-0.2, 0) is 75.5 Å². The van der Waals surface area contributed by atoms with Crippen LogP contribution in [0.3, 0.4) is 0 Å². The molecular formula is C41H76N2O13Y-2. The minimum atomic E-state index is -1.98. The van der Waals surface area contributed by atoms with E-state index in [0.29, 0.717) is 13.0 Å². The van der Waals surface area contributed by atoms with Crippen LogP contribution in [0, 0.1) is 37.5 Å². The van der Waals surface area contributed by atoms with Gasteiger partial charge in [0.05, 0.1) is 47.6 Å². The van der Waals surface area contributed by atoms with Crippen molar-refractivity contribution in [3.63, 3.8) is 0 Å². The second-order valence-corrected chi connectivity index (χ2v) is 17.3. The van der Waals surface area contributed by atoms with Crippen molar-refractivity contribution >= 4 is 11.8 Å². The first-order valence-corrected chi connectivity index (χ1v) is 20.0. The summed E-state index contributed by atoms with van der Waals surface area (Å²) in [6, 6.07) is -0.292. The SMILES string of the molecule is [CH2-]C1(O)C(C)OC(OC2C(C)C(=O)O[C@H](CC)C(C)(O)C(O)C(C)C(=O)C(C)CC(C)(OC)C(OC3OC(C)CC(N(C)C)C3O)C2C)CC1(C)OC.[CH2-]CN.[Y]. The van der Waals surface area contributed by atoms with E-state index in [0.717, 1.165) is 0 Å². The summed E-state index contributed by atoms with van der Waals surface area (Å²) < 4.78 is 44.0. The number of hydrogen-bond donors (Lipinski definition) is 5. The summed E-state index contributed by atoms with van der Waals surface area (Å²) in [7, 11) is 6.72. The van der Waals surface area contributed by atoms with E-state index in [1.807, 2.05) is 32.8 Å². The van der Waals surface area contributed by atoms with Crippen molar-refractivity contribution in [3.8, 4) is 0 Å². The number of hydrogen-bond acceptors (Lipinski definition) is 15. The number of carbonyl (C=O) groups is 2. The largest absolute Gasteiger partial charge is 0.459 e. The molecular weight excluding hydrogens is 817 g/mol. The van der Waals surface area contributed by atoms with Gasteiger partial charge in [-0.1, -0.05) is 27.7 Å². The van der Waals surface area contributed by atoms with Gasteiger partial charge in [0, 0.05) is 77.1 Å². The molecule has 17 unspecified atom stereocenters. The van der Waals surface area contributed by atoms with Crippen LogP contribution >= 0.6 is 0 Å². The molecule has 6 N–H and O–H groups in total. The fraction of sp³-hybridized carbons (Fsp3) is 0.902. The standard InChI is InChI=1S/C39H70NO13.C2H6N.Y/c1-16-27-38(10,45)32(43)22(4)29(41)20(2)18-36(8,47-14)33(53-35-30(42)26(40(12)13)17-21(3)49-35)23(5)31(24(6)34(44)51-27)52-28-19-37(9,48-15)39(11,46)25(7)50-28;1-2-3;/h20-28,30-33,35,42-43,45-46H,11,16-19H2,1-10,12-15H3;1-3H2;/q2*-1;/t20?,21?,22?,23?,24?,25?,26?,27-,28?,30?,31?,32?,33?,35?,36?,37?,38?,39?;;/m1../s1. The van der Waals surface area contributed by atoms with Gasteiger partial charge < -0.3 is 78.1 Å². The van der Waals surface area contributed by atoms with Crippen LogP contribution in [0.2, 0.25) is 0 Å². The van der Waals surface area contributed by atoms with Crippen LogP contribution < -0.4 is 5.73 Å². The number of rotatable bonds is 8. The Balaban J connectivity index is 0.00000393. The molecule has 3 aliphatic rings. The maximum Gasteiger partial charge on any atom is 0.311 e. The number of nitrogens with two attached hydrogens (primary N) is 1. The molecule has 0 aromatic carbocycles. The van der Waals surface area contributed by atoms with Gasteiger partial charge in [0.2, 0.25) is 0 Å². The smallest absolute Gasteiger partial charge is 0.311 e. The van der Waals surface area contributed by atoms with E-state index in [4.69, 9.17) is 38.9 Å². The number of likely N-dealkylation sites (N-methyl/N-ethyl adjacent to an activating group) is 1. The second kappa shape index (κ2) is 22.2. The summed E-state index contributed by atoms with van der Waals surface area (Å²) in [6.07, 6.45) is -8.22. The Morgan fingerprint density at radius 1 is 0.930 bits per heavy atom. The van der Waals surface area contributed by atoms with Gasteiger partial charge in [-0.3, -0.25) is 9.59 Å². The molecule has 0 aliphatic carbocycles. The summed E-state index contributed by atoms with van der Waals surface area (Å²) >= 11 is 0. The van der Waals surface area contributed by atoms with Crippen LogP contribution in [0.5, 0.6) is 0 Å². The molecule has 3 rings (SSSR count). The van der Waals surface area contributed by atoms with Crippen molar-refractivity contribution in [2.75, 3.05) is 34.9 Å². The van der Waals surface area contributed by atoms with Gasteiger partial charge in [-0.25, -0.2) is 0 Å². The average Bonchev–Trinajstić information content (AvgIpc) is 3.13. The van der Waals surface area contributed by atoms with Crippen LogP contribution in [0.25, 0.3) is 0 Å². The third-order valence-electron chi connectivity index (χ3n) is 12.7. The minimum absolute atomic E-state index is 0. The van der Waals surface area contributed by atoms with E-state index in [1.165, 1.54) is 21.1 Å². The molecule has 333 valence electrons. The van der Waals surface area contributed by atoms with Crippen LogP contribution in [0.1, 0.15) is 94.9 Å². The Kier molecular flexibility index (Phi) is 21.4. The predicted molar refractivity (Wildman–Crippen MR) is 210 cm³/mol. The molecule has 3 fully saturated rings. The van der Waals surface area contributed by atoms with E-state index in [1.54, 1.807) is 48.5 Å². The van der Waals surface area contributed by atoms with E-state index in [-0.39, 0.29) is 69.9 Å². The van der Waals surface area contributed by atoms with Gasteiger partial charge in [-0.15, -0.1) is 6.54 Å². The molecule has 0 aromatic heterocycles. The van der Waals surface area contributed by atoms with Crippen molar-refractivity contribution in [2.24, 2.45) is 29.4 Å². The zero-order chi connectivity index (χ0) is 43.3. The summed E-state index contributed by atoms with van der Waals surface area (Å²) in [6.45, 7) is 24.6. The Morgan fingerprint density at radius 3 is 1.98 bits per heavy atom. The fourth-order valence-corrected chi connectivity index (χ4v) is 8.64. The van der Waals surface area contributed by atoms with Crippen LogP contribution in [-0.4, -0.2) is 156 Å². The maximum absolute atomic E-state index is 14.2. The normalized spacial score (nSPS) is 46.6. The molecule has 15 nitrogen and oxygen atoms in total. The number of cyclic esters (lactones) is 1. The minimum Gasteiger partial charge on any atom is -0.459 e. The molecule has 0 aromatic rings. The number of aliphatic hydroxyl groups is 4. The third-order valence-corrected chi connectivity index (χ3v) is 12.7. The Hall–Kier alpha value is -0.236. The molecule has 1 radical (unpaired) electrons. The molecule has 0 amide bonds. The monoisotopic (exact) mass is 893 g/mol. The Morgan fingerprint density at radius 2 is 1.49 bits per heavy atom. The van der Waals surface area contributed by atoms with Gasteiger partial charge in [0.1, 0.15) is 23.6 Å². The van der Waals surface area contributed by atoms with Gasteiger partial charge in [0.15, 0.2) is 12.6 Å². The number of nitrogens with zero attached hydrogens (tertiary/aromatic N) is 1. The molecule has 3 heterocycles. The van der Waals surface area contributed by atoms with Gasteiger partial charge in [-0.05, 0) is 80.5 Å². The fourth-order valence-electron chi connectivity index (χ4n) is 8.64. The quantitative estimate of drug-likeness (QED) is 0.175. The number of ether oxygens (including phenoxy) is 7. The van der Waals surface area contributed by atoms with E-state index in [2.05, 4.69) is 13.8 Å². The molecule has 18 atom stereocenters. The number of esters is 1. The predicted octanol–water partition coefficient (Wildman–Crippen LogP) is 2.42. The molecule has 16 heteroatoms. The summed E-state index contributed by atoms with van der Waals surface area (Å²) in [5, 5.41) is 46.0. The van der Waals surface area contributed by atoms with Gasteiger partial charge in [0.25, 0.3) is 0 Å². The van der Waals surface area contributed by atoms with Crippen LogP contribution in [0.4, 0.5) is 0 Å². The number of ketones is 1. The van der Waals surface area contributed by atoms with Crippen molar-refractivity contribution < 1.29 is 95.9 Å². The number of Topliss-reactive ketones (excluding diaryl/α,β-unsaturated/α-hetero) is 1. The molecule has 57 heavy (non-hydrogen) atoms. The van der Waals surface area contributed by atoms with Gasteiger partial charge >= 0.3 is 5.97 Å². The first-order valence-electron chi connectivity index (χ1n) is 20.0. The van der Waals surface area contributed by atoms with Crippen molar-refractivity contribution in [1.29, 1.82) is 0 Å². The second-order valence-electron chi connectivity index (χ2n) is 17.3. The molecule has 3 aliphatic heterocycles. The summed E-state index contributed by atoms with van der Waals surface area (Å²) in [5.74, 6) is -4.56. The van der Waals surface area contributed by atoms with Gasteiger partial charge in [-0.2, -0.15) is 0 Å². The number of aliphatic hydroxyl groups excluding tert-OH is 2. The molecule has 3 saturated heterocycles. The zero-order valence-corrected chi connectivity index (χ0v) is 39.9. The molecule has 0 spiro atoms. The first kappa shape index (κ1) is 54.8. The van der Waals surface area contributed by atoms with E-state index in [9.17, 15) is 30.0 Å². The molecule has 0 bridgehead atoms. The Labute approximate surface area is 367 Å². The summed E-state index contributed by atoms with van der Waals surface area (Å²) in [5.41, 5.74) is -1.34. The topological polar surface area (TPSA) is 209 Å². The van der Waals surface area contributed by atoms with Crippen LogP contribution in [0.15, 0.2) is 0 Å². The Bertz CT molecular complexity index is 1260. The van der Waals surface area contributed by atoms with E-state index < -0.39 is 101 Å². The zero-order valence-electron chi connectivity index (χ0n) is 37.1. The summed E-state index contributed by atoms with van der Waals surface area (Å²) in [4.78, 5) is 30.1. The first-order chi connectivity index (χ1) is 25.7. The van der Waals surface area contributed by atoms with Crippen molar-refractivity contribution in [1.82, 2.24) is 4.90 Å². The van der Waals surface area contributed by atoms with E-state index >= 15 is 0 Å².